The molecule has 0 atom stereocenters. The van der Waals surface area contributed by atoms with Crippen LogP contribution in [-0.2, 0) is 12.8 Å². The molecule has 0 unspecified atom stereocenters. The van der Waals surface area contributed by atoms with Crippen molar-refractivity contribution in [1.29, 1.82) is 0 Å². The zero-order valence-corrected chi connectivity index (χ0v) is 31.9. The van der Waals surface area contributed by atoms with Gasteiger partial charge in [-0.15, -0.1) is 0 Å². The molecule has 0 aliphatic carbocycles. The Labute approximate surface area is 338 Å². The summed E-state index contributed by atoms with van der Waals surface area (Å²) in [6.07, 6.45) is 1.85. The van der Waals surface area contributed by atoms with E-state index < -0.39 is 0 Å². The van der Waals surface area contributed by atoms with E-state index in [4.69, 9.17) is 0 Å². The highest BCUT2D eigenvalue weighted by Gasteiger charge is 2.27. The zero-order valence-electron chi connectivity index (χ0n) is 31.9. The van der Waals surface area contributed by atoms with Gasteiger partial charge >= 0.3 is 0 Å². The Morgan fingerprint density at radius 1 is 0.276 bits per heavy atom. The van der Waals surface area contributed by atoms with Crippen molar-refractivity contribution in [2.45, 2.75) is 12.8 Å². The summed E-state index contributed by atoms with van der Waals surface area (Å²) in [6.45, 7) is 0. The molecule has 10 aromatic carbocycles. The second-order valence-electron chi connectivity index (χ2n) is 15.7. The number of nitrogens with zero attached hydrogens (tertiary/aromatic N) is 2. The minimum absolute atomic E-state index is 0.926. The van der Waals surface area contributed by atoms with Crippen LogP contribution in [0.2, 0.25) is 0 Å². The van der Waals surface area contributed by atoms with Crippen molar-refractivity contribution in [2.75, 3.05) is 9.80 Å². The van der Waals surface area contributed by atoms with Crippen LogP contribution in [-0.4, -0.2) is 0 Å². The van der Waals surface area contributed by atoms with Crippen LogP contribution in [0.1, 0.15) is 22.3 Å². The molecule has 2 aliphatic heterocycles. The molecule has 2 heterocycles. The van der Waals surface area contributed by atoms with Crippen molar-refractivity contribution < 1.29 is 0 Å². The Kier molecular flexibility index (Phi) is 7.39. The van der Waals surface area contributed by atoms with Crippen LogP contribution in [0.4, 0.5) is 34.1 Å². The van der Waals surface area contributed by atoms with E-state index in [0.29, 0.717) is 0 Å². The first-order valence-corrected chi connectivity index (χ1v) is 20.3. The van der Waals surface area contributed by atoms with Gasteiger partial charge in [-0.05, 0) is 131 Å². The van der Waals surface area contributed by atoms with E-state index in [1.165, 1.54) is 99.6 Å². The van der Waals surface area contributed by atoms with Crippen LogP contribution < -0.4 is 9.80 Å². The maximum Gasteiger partial charge on any atom is 0.0497 e. The van der Waals surface area contributed by atoms with Crippen LogP contribution in [0, 0.1) is 0 Å². The monoisotopic (exact) mass is 738 g/mol. The third-order valence-electron chi connectivity index (χ3n) is 12.4. The van der Waals surface area contributed by atoms with Crippen LogP contribution in [0.5, 0.6) is 0 Å². The molecular formula is C56H38N2. The Hall–Kier alpha value is -7.42. The molecule has 0 bridgehead atoms. The molecule has 10 aromatic rings. The summed E-state index contributed by atoms with van der Waals surface area (Å²) < 4.78 is 0. The molecule has 0 N–H and O–H groups in total. The Morgan fingerprint density at radius 2 is 0.690 bits per heavy atom. The van der Waals surface area contributed by atoms with Crippen molar-refractivity contribution in [1.82, 2.24) is 0 Å². The molecule has 0 radical (unpaired) electrons. The zero-order chi connectivity index (χ0) is 38.2. The SMILES string of the molecule is c1ccc(-c2c3ccc(N4c5ccccc5Cc5ccccc54)cc3c(-c3ccc4ccccc4c3)c3ccc(N4c5ccccc5Cc5ccccc54)cc23)cc1. The molecule has 0 aromatic heterocycles. The van der Waals surface area contributed by atoms with Gasteiger partial charge in [-0.2, -0.15) is 0 Å². The predicted molar refractivity (Wildman–Crippen MR) is 245 cm³/mol. The molecule has 0 spiro atoms. The summed E-state index contributed by atoms with van der Waals surface area (Å²) in [5, 5.41) is 7.43. The van der Waals surface area contributed by atoms with Crippen LogP contribution in [0.25, 0.3) is 54.6 Å². The van der Waals surface area contributed by atoms with Crippen molar-refractivity contribution in [3.05, 3.63) is 229 Å². The third kappa shape index (κ3) is 5.12. The second kappa shape index (κ2) is 13.1. The lowest BCUT2D eigenvalue weighted by Gasteiger charge is -2.34. The number of hydrogen-bond donors (Lipinski definition) is 0. The summed E-state index contributed by atoms with van der Waals surface area (Å²) in [4.78, 5) is 4.94. The molecule has 2 aliphatic rings. The van der Waals surface area contributed by atoms with Gasteiger partial charge < -0.3 is 9.80 Å². The topological polar surface area (TPSA) is 6.48 Å². The van der Waals surface area contributed by atoms with E-state index in [1.807, 2.05) is 0 Å². The van der Waals surface area contributed by atoms with E-state index in [1.54, 1.807) is 0 Å². The average molecular weight is 739 g/mol. The first kappa shape index (κ1) is 32.8. The first-order valence-electron chi connectivity index (χ1n) is 20.3. The van der Waals surface area contributed by atoms with Gasteiger partial charge in [-0.1, -0.05) is 152 Å². The fourth-order valence-corrected chi connectivity index (χ4v) is 9.79. The molecule has 12 rings (SSSR count). The largest absolute Gasteiger partial charge is 0.310 e. The Morgan fingerprint density at radius 3 is 1.19 bits per heavy atom. The number of fused-ring (bicyclic) bond motifs is 7. The molecule has 2 nitrogen and oxygen atoms in total. The fraction of sp³-hybridized carbons (Fsp3) is 0.0357. The van der Waals surface area contributed by atoms with Gasteiger partial charge in [0.2, 0.25) is 0 Å². The van der Waals surface area contributed by atoms with Gasteiger partial charge in [-0.25, -0.2) is 0 Å². The molecule has 0 saturated heterocycles. The summed E-state index contributed by atoms with van der Waals surface area (Å²) in [6, 6.07) is 76.5. The van der Waals surface area contributed by atoms with Gasteiger partial charge in [0.15, 0.2) is 0 Å². The van der Waals surface area contributed by atoms with Crippen molar-refractivity contribution >= 4 is 66.4 Å². The van der Waals surface area contributed by atoms with Gasteiger partial charge in [0.25, 0.3) is 0 Å². The molecule has 0 fully saturated rings. The van der Waals surface area contributed by atoms with Gasteiger partial charge in [0, 0.05) is 47.0 Å². The number of rotatable bonds is 4. The lowest BCUT2D eigenvalue weighted by Crippen LogP contribution is -2.18. The summed E-state index contributed by atoms with van der Waals surface area (Å²) in [5.41, 5.74) is 17.6. The number of para-hydroxylation sites is 4. The molecule has 2 heteroatoms. The number of hydrogen-bond acceptors (Lipinski definition) is 2. The fourth-order valence-electron chi connectivity index (χ4n) is 9.79. The van der Waals surface area contributed by atoms with E-state index in [9.17, 15) is 0 Å². The Balaban J connectivity index is 1.18. The lowest BCUT2D eigenvalue weighted by atomic mass is 9.84. The lowest BCUT2D eigenvalue weighted by molar-refractivity contribution is 1.09. The summed E-state index contributed by atoms with van der Waals surface area (Å²) in [7, 11) is 0. The minimum Gasteiger partial charge on any atom is -0.310 e. The van der Waals surface area contributed by atoms with Crippen molar-refractivity contribution in [2.24, 2.45) is 0 Å². The average Bonchev–Trinajstić information content (AvgIpc) is 3.29. The second-order valence-corrected chi connectivity index (χ2v) is 15.7. The van der Waals surface area contributed by atoms with Crippen LogP contribution in [0.15, 0.2) is 206 Å². The first-order chi connectivity index (χ1) is 28.8. The van der Waals surface area contributed by atoms with Gasteiger partial charge in [-0.3, -0.25) is 0 Å². The van der Waals surface area contributed by atoms with Gasteiger partial charge in [0.05, 0.1) is 0 Å². The highest BCUT2D eigenvalue weighted by molar-refractivity contribution is 6.23. The summed E-state index contributed by atoms with van der Waals surface area (Å²) >= 11 is 0. The Bertz CT molecular complexity index is 3160. The van der Waals surface area contributed by atoms with E-state index in [-0.39, 0.29) is 0 Å². The standard InChI is InChI=1S/C56H38N2/c1-2-15-38(16-3-1)55-47-30-28-46(58-53-24-12-8-20-42(53)34-43-21-9-13-25-54(43)58)36-50(47)56(44-27-26-37-14-4-5-17-39(37)32-44)48-31-29-45(35-49(48)55)57-51-22-10-6-18-40(51)33-41-19-7-11-23-52(41)57/h1-32,35-36H,33-34H2. The van der Waals surface area contributed by atoms with Crippen molar-refractivity contribution in [3.63, 3.8) is 0 Å². The quantitative estimate of drug-likeness (QED) is 0.166. The molecule has 0 saturated carbocycles. The van der Waals surface area contributed by atoms with E-state index >= 15 is 0 Å². The highest BCUT2D eigenvalue weighted by Crippen LogP contribution is 2.51. The van der Waals surface area contributed by atoms with Crippen LogP contribution in [0.3, 0.4) is 0 Å². The normalized spacial score (nSPS) is 13.0. The van der Waals surface area contributed by atoms with Crippen LogP contribution >= 0.6 is 0 Å². The maximum absolute atomic E-state index is 2.47. The molecule has 0 amide bonds. The minimum atomic E-state index is 0.926. The predicted octanol–water partition coefficient (Wildman–Crippen LogP) is 15.2. The number of benzene rings is 10. The molecule has 272 valence electrons. The van der Waals surface area contributed by atoms with Gasteiger partial charge in [0.1, 0.15) is 0 Å². The summed E-state index contributed by atoms with van der Waals surface area (Å²) in [5.74, 6) is 0. The van der Waals surface area contributed by atoms with E-state index in [0.717, 1.165) is 24.2 Å². The van der Waals surface area contributed by atoms with E-state index in [2.05, 4.69) is 216 Å². The molecule has 58 heavy (non-hydrogen) atoms. The highest BCUT2D eigenvalue weighted by atomic mass is 15.2. The maximum atomic E-state index is 2.47. The smallest absolute Gasteiger partial charge is 0.0497 e. The van der Waals surface area contributed by atoms with Crippen molar-refractivity contribution in [3.8, 4) is 22.3 Å². The third-order valence-corrected chi connectivity index (χ3v) is 12.4. The number of anilines is 6. The molecular weight excluding hydrogens is 701 g/mol.